The lowest BCUT2D eigenvalue weighted by atomic mass is 10.3. The minimum Gasteiger partial charge on any atom is -0.272 e. The number of nitrogens with zero attached hydrogens (tertiary/aromatic N) is 5. The third-order valence-corrected chi connectivity index (χ3v) is 5.29. The maximum Gasteiger partial charge on any atom is 0.246 e. The summed E-state index contributed by atoms with van der Waals surface area (Å²) in [5.41, 5.74) is 1.76. The third kappa shape index (κ3) is 3.38. The van der Waals surface area contributed by atoms with Crippen molar-refractivity contribution in [3.8, 4) is 0 Å². The van der Waals surface area contributed by atoms with Gasteiger partial charge in [0, 0.05) is 44.6 Å². The van der Waals surface area contributed by atoms with Crippen LogP contribution in [0.2, 0.25) is 0 Å². The molecule has 22 heavy (non-hydrogen) atoms. The van der Waals surface area contributed by atoms with E-state index in [1.807, 2.05) is 31.6 Å². The molecule has 8 heteroatoms. The second kappa shape index (κ2) is 6.62. The fourth-order valence-electron chi connectivity index (χ4n) is 2.21. The number of sulfonamides is 1. The molecule has 0 aliphatic carbocycles. The number of hydrogen-bond donors (Lipinski definition) is 0. The van der Waals surface area contributed by atoms with Gasteiger partial charge in [-0.1, -0.05) is 6.92 Å². The zero-order valence-corrected chi connectivity index (χ0v) is 14.3. The molecule has 0 radical (unpaired) electrons. The molecule has 2 aromatic heterocycles. The molecule has 0 aliphatic rings. The Hall–Kier alpha value is -1.67. The van der Waals surface area contributed by atoms with Gasteiger partial charge < -0.3 is 0 Å². The summed E-state index contributed by atoms with van der Waals surface area (Å²) in [4.78, 5) is 0.226. The molecule has 0 aromatic carbocycles. The number of hydrogen-bond acceptors (Lipinski definition) is 4. The summed E-state index contributed by atoms with van der Waals surface area (Å²) in [5.74, 6) is 0. The van der Waals surface area contributed by atoms with Crippen molar-refractivity contribution in [2.24, 2.45) is 0 Å². The molecule has 0 bridgehead atoms. The molecule has 2 aromatic rings. The van der Waals surface area contributed by atoms with Gasteiger partial charge in [0.25, 0.3) is 0 Å². The molecule has 0 spiro atoms. The molecule has 2 heterocycles. The molecule has 0 unspecified atom stereocenters. The van der Waals surface area contributed by atoms with E-state index in [-0.39, 0.29) is 4.90 Å². The largest absolute Gasteiger partial charge is 0.272 e. The predicted molar refractivity (Wildman–Crippen MR) is 83.8 cm³/mol. The van der Waals surface area contributed by atoms with Crippen LogP contribution in [0.4, 0.5) is 0 Å². The summed E-state index contributed by atoms with van der Waals surface area (Å²) in [7, 11) is -1.96. The molecule has 2 rings (SSSR count). The van der Waals surface area contributed by atoms with E-state index >= 15 is 0 Å². The highest BCUT2D eigenvalue weighted by Gasteiger charge is 2.23. The van der Waals surface area contributed by atoms with Gasteiger partial charge in [0.05, 0.1) is 11.9 Å². The Bertz CT molecular complexity index is 732. The van der Waals surface area contributed by atoms with Gasteiger partial charge in [-0.2, -0.15) is 14.5 Å². The Morgan fingerprint density at radius 1 is 1.23 bits per heavy atom. The lowest BCUT2D eigenvalue weighted by Crippen LogP contribution is -2.26. The SMILES string of the molecule is CCCn1cc(S(=O)(=O)N(C)Cc2cn(CC)nc2C)cn1. The summed E-state index contributed by atoms with van der Waals surface area (Å²) in [6.07, 6.45) is 5.79. The monoisotopic (exact) mass is 325 g/mol. The van der Waals surface area contributed by atoms with E-state index in [4.69, 9.17) is 0 Å². The van der Waals surface area contributed by atoms with Crippen LogP contribution in [-0.4, -0.2) is 39.3 Å². The third-order valence-electron chi connectivity index (χ3n) is 3.54. The molecular formula is C14H23N5O2S. The van der Waals surface area contributed by atoms with Crippen LogP contribution in [0.25, 0.3) is 0 Å². The minimum absolute atomic E-state index is 0.226. The van der Waals surface area contributed by atoms with E-state index in [2.05, 4.69) is 10.2 Å². The Kier molecular flexibility index (Phi) is 5.02. The summed E-state index contributed by atoms with van der Waals surface area (Å²) in [6, 6.07) is 0. The van der Waals surface area contributed by atoms with Crippen LogP contribution < -0.4 is 0 Å². The first-order valence-corrected chi connectivity index (χ1v) is 8.84. The Morgan fingerprint density at radius 2 is 1.95 bits per heavy atom. The lowest BCUT2D eigenvalue weighted by Gasteiger charge is -2.15. The zero-order chi connectivity index (χ0) is 16.3. The van der Waals surface area contributed by atoms with Crippen LogP contribution in [-0.2, 0) is 29.7 Å². The predicted octanol–water partition coefficient (Wildman–Crippen LogP) is 1.64. The van der Waals surface area contributed by atoms with Crippen LogP contribution in [0.3, 0.4) is 0 Å². The topological polar surface area (TPSA) is 73.0 Å². The summed E-state index contributed by atoms with van der Waals surface area (Å²) < 4.78 is 30.0. The lowest BCUT2D eigenvalue weighted by molar-refractivity contribution is 0.465. The van der Waals surface area contributed by atoms with Gasteiger partial charge in [-0.05, 0) is 20.3 Å². The maximum atomic E-state index is 12.6. The highest BCUT2D eigenvalue weighted by molar-refractivity contribution is 7.89. The number of rotatable bonds is 7. The van der Waals surface area contributed by atoms with Crippen LogP contribution in [0, 0.1) is 6.92 Å². The van der Waals surface area contributed by atoms with Gasteiger partial charge in [0.15, 0.2) is 0 Å². The van der Waals surface area contributed by atoms with E-state index in [1.54, 1.807) is 17.9 Å². The van der Waals surface area contributed by atoms with Crippen molar-refractivity contribution >= 4 is 10.0 Å². The van der Waals surface area contributed by atoms with Crippen molar-refractivity contribution < 1.29 is 8.42 Å². The van der Waals surface area contributed by atoms with Gasteiger partial charge in [0.2, 0.25) is 10.0 Å². The Labute approximate surface area is 131 Å². The Balaban J connectivity index is 2.18. The molecule has 0 saturated carbocycles. The van der Waals surface area contributed by atoms with E-state index in [1.165, 1.54) is 10.5 Å². The average molecular weight is 325 g/mol. The normalized spacial score (nSPS) is 12.2. The van der Waals surface area contributed by atoms with Crippen LogP contribution in [0.5, 0.6) is 0 Å². The van der Waals surface area contributed by atoms with Gasteiger partial charge >= 0.3 is 0 Å². The second-order valence-electron chi connectivity index (χ2n) is 5.30. The molecule has 0 saturated heterocycles. The van der Waals surface area contributed by atoms with Crippen LogP contribution in [0.15, 0.2) is 23.5 Å². The van der Waals surface area contributed by atoms with E-state index in [0.717, 1.165) is 24.2 Å². The number of aromatic nitrogens is 4. The molecule has 0 atom stereocenters. The first kappa shape index (κ1) is 16.7. The number of aryl methyl sites for hydroxylation is 3. The molecule has 7 nitrogen and oxygen atoms in total. The summed E-state index contributed by atoms with van der Waals surface area (Å²) in [6.45, 7) is 7.69. The fourth-order valence-corrected chi connectivity index (χ4v) is 3.31. The maximum absolute atomic E-state index is 12.6. The molecule has 0 aliphatic heterocycles. The summed E-state index contributed by atoms with van der Waals surface area (Å²) >= 11 is 0. The molecule has 0 amide bonds. The van der Waals surface area contributed by atoms with Crippen molar-refractivity contribution in [3.63, 3.8) is 0 Å². The first-order chi connectivity index (χ1) is 10.4. The summed E-state index contributed by atoms with van der Waals surface area (Å²) in [5, 5.41) is 8.44. The van der Waals surface area contributed by atoms with Crippen molar-refractivity contribution in [1.82, 2.24) is 23.9 Å². The highest BCUT2D eigenvalue weighted by atomic mass is 32.2. The van der Waals surface area contributed by atoms with Crippen LogP contribution >= 0.6 is 0 Å². The fraction of sp³-hybridized carbons (Fsp3) is 0.571. The molecule has 0 fully saturated rings. The van der Waals surface area contributed by atoms with Gasteiger partial charge in [0.1, 0.15) is 4.90 Å². The van der Waals surface area contributed by atoms with E-state index in [9.17, 15) is 8.42 Å². The Morgan fingerprint density at radius 3 is 2.55 bits per heavy atom. The van der Waals surface area contributed by atoms with Crippen molar-refractivity contribution in [3.05, 3.63) is 29.8 Å². The smallest absolute Gasteiger partial charge is 0.246 e. The molecular weight excluding hydrogens is 302 g/mol. The quantitative estimate of drug-likeness (QED) is 0.776. The van der Waals surface area contributed by atoms with E-state index < -0.39 is 10.0 Å². The minimum atomic E-state index is -3.54. The van der Waals surface area contributed by atoms with Gasteiger partial charge in [-0.25, -0.2) is 8.42 Å². The standard InChI is InChI=1S/C14H23N5O2S/c1-5-7-19-11-14(8-15-19)22(20,21)17(4)9-13-10-18(6-2)16-12(13)3/h8,10-11H,5-7,9H2,1-4H3. The highest BCUT2D eigenvalue weighted by Crippen LogP contribution is 2.17. The molecule has 122 valence electrons. The molecule has 0 N–H and O–H groups in total. The average Bonchev–Trinajstić information content (AvgIpc) is 3.07. The first-order valence-electron chi connectivity index (χ1n) is 7.40. The van der Waals surface area contributed by atoms with Crippen molar-refractivity contribution in [1.29, 1.82) is 0 Å². The van der Waals surface area contributed by atoms with Gasteiger partial charge in [-0.3, -0.25) is 9.36 Å². The second-order valence-corrected chi connectivity index (χ2v) is 7.34. The van der Waals surface area contributed by atoms with Crippen molar-refractivity contribution in [2.75, 3.05) is 7.05 Å². The van der Waals surface area contributed by atoms with Crippen molar-refractivity contribution in [2.45, 2.75) is 51.7 Å². The zero-order valence-electron chi connectivity index (χ0n) is 13.5. The van der Waals surface area contributed by atoms with E-state index in [0.29, 0.717) is 13.1 Å². The van der Waals surface area contributed by atoms with Crippen LogP contribution in [0.1, 0.15) is 31.5 Å². The van der Waals surface area contributed by atoms with Gasteiger partial charge in [-0.15, -0.1) is 0 Å².